The molecule has 2 aromatic rings. The smallest absolute Gasteiger partial charge is 0.418 e. The third kappa shape index (κ3) is 7.40. The molecule has 6 nitrogen and oxygen atoms in total. The van der Waals surface area contributed by atoms with Crippen LogP contribution in [0.1, 0.15) is 11.1 Å². The van der Waals surface area contributed by atoms with Gasteiger partial charge >= 0.3 is 6.18 Å². The van der Waals surface area contributed by atoms with Crippen molar-refractivity contribution in [1.82, 2.24) is 5.32 Å². The van der Waals surface area contributed by atoms with Crippen molar-refractivity contribution in [1.29, 1.82) is 0 Å². The van der Waals surface area contributed by atoms with Gasteiger partial charge in [0.1, 0.15) is 5.75 Å². The predicted molar refractivity (Wildman–Crippen MR) is 106 cm³/mol. The van der Waals surface area contributed by atoms with Crippen LogP contribution in [0.5, 0.6) is 5.75 Å². The zero-order valence-corrected chi connectivity index (χ0v) is 16.8. The van der Waals surface area contributed by atoms with E-state index in [2.05, 4.69) is 10.6 Å². The molecule has 0 heterocycles. The summed E-state index contributed by atoms with van der Waals surface area (Å²) in [5, 5.41) is 5.04. The summed E-state index contributed by atoms with van der Waals surface area (Å²) in [6.07, 6.45) is -3.92. The number of amides is 2. The summed E-state index contributed by atoms with van der Waals surface area (Å²) in [6, 6.07) is 12.3. The van der Waals surface area contributed by atoms with Gasteiger partial charge in [-0.05, 0) is 36.2 Å². The predicted octanol–water partition coefficient (Wildman–Crippen LogP) is 1.53. The van der Waals surface area contributed by atoms with E-state index in [1.54, 1.807) is 14.2 Å². The topological polar surface area (TPSA) is 71.9 Å². The molecule has 1 unspecified atom stereocenters. The van der Waals surface area contributed by atoms with Crippen molar-refractivity contribution in [3.05, 3.63) is 59.7 Å². The Morgan fingerprint density at radius 2 is 1.63 bits per heavy atom. The van der Waals surface area contributed by atoms with E-state index in [4.69, 9.17) is 4.74 Å². The molecule has 0 spiro atoms. The van der Waals surface area contributed by atoms with E-state index < -0.39 is 17.6 Å². The highest BCUT2D eigenvalue weighted by atomic mass is 19.4. The fourth-order valence-corrected chi connectivity index (χ4v) is 2.85. The standard InChI is InChI=1S/C21H24F3N3O3/c1-27(13-19(28)25-12-11-15-7-9-16(30-2)10-8-15)14-20(29)26-18-6-4-3-5-17(18)21(22,23)24/h3-10H,11-14H2,1-2H3,(H,25,28)(H,26,29)/p+1. The van der Waals surface area contributed by atoms with Gasteiger partial charge in [0.2, 0.25) is 0 Å². The largest absolute Gasteiger partial charge is 0.497 e. The van der Waals surface area contributed by atoms with E-state index in [-0.39, 0.29) is 24.7 Å². The minimum Gasteiger partial charge on any atom is -0.497 e. The molecular formula is C21H25F3N3O3+. The van der Waals surface area contributed by atoms with Gasteiger partial charge in [-0.1, -0.05) is 24.3 Å². The SMILES string of the molecule is COc1ccc(CCNC(=O)C[NH+](C)CC(=O)Nc2ccccc2C(F)(F)F)cc1. The Balaban J connectivity index is 1.76. The Morgan fingerprint density at radius 3 is 2.27 bits per heavy atom. The second-order valence-electron chi connectivity index (χ2n) is 6.85. The molecule has 0 aromatic heterocycles. The van der Waals surface area contributed by atoms with E-state index in [1.807, 2.05) is 24.3 Å². The van der Waals surface area contributed by atoms with E-state index in [1.165, 1.54) is 18.2 Å². The number of methoxy groups -OCH3 is 1. The number of anilines is 1. The lowest BCUT2D eigenvalue weighted by Gasteiger charge is -2.16. The van der Waals surface area contributed by atoms with Gasteiger partial charge in [0.05, 0.1) is 25.4 Å². The summed E-state index contributed by atoms with van der Waals surface area (Å²) < 4.78 is 44.1. The monoisotopic (exact) mass is 424 g/mol. The molecule has 9 heteroatoms. The summed E-state index contributed by atoms with van der Waals surface area (Å²) in [6.45, 7) is 0.318. The van der Waals surface area contributed by atoms with Gasteiger partial charge in [-0.25, -0.2) is 0 Å². The average Bonchev–Trinajstić information content (AvgIpc) is 2.67. The van der Waals surface area contributed by atoms with Gasteiger partial charge < -0.3 is 20.3 Å². The summed E-state index contributed by atoms with van der Waals surface area (Å²) in [5.74, 6) is -0.0936. The van der Waals surface area contributed by atoms with Gasteiger partial charge in [0.15, 0.2) is 13.1 Å². The Bertz CT molecular complexity index is 855. The second kappa shape index (κ2) is 10.6. The molecule has 0 radical (unpaired) electrons. The number of benzene rings is 2. The number of likely N-dealkylation sites (N-methyl/N-ethyl adjacent to an activating group) is 1. The van der Waals surface area contributed by atoms with Gasteiger partial charge in [0.25, 0.3) is 11.8 Å². The molecule has 0 aliphatic rings. The molecule has 0 fully saturated rings. The summed E-state index contributed by atoms with van der Waals surface area (Å²) in [5.41, 5.74) is -0.168. The van der Waals surface area contributed by atoms with Crippen LogP contribution in [-0.2, 0) is 22.2 Å². The third-order valence-electron chi connectivity index (χ3n) is 4.33. The molecular weight excluding hydrogens is 399 g/mol. The minimum absolute atomic E-state index is 0.0248. The molecule has 0 bridgehead atoms. The number of quaternary nitrogens is 1. The van der Waals surface area contributed by atoms with Gasteiger partial charge in [-0.2, -0.15) is 13.2 Å². The Kier molecular flexibility index (Phi) is 8.23. The number of halogens is 3. The van der Waals surface area contributed by atoms with Crippen molar-refractivity contribution in [3.63, 3.8) is 0 Å². The molecule has 0 aliphatic heterocycles. The number of rotatable bonds is 9. The first kappa shape index (κ1) is 23.2. The van der Waals surface area contributed by atoms with Crippen LogP contribution < -0.4 is 20.3 Å². The van der Waals surface area contributed by atoms with Crippen LogP contribution in [0.3, 0.4) is 0 Å². The van der Waals surface area contributed by atoms with E-state index >= 15 is 0 Å². The lowest BCUT2D eigenvalue weighted by atomic mass is 10.1. The van der Waals surface area contributed by atoms with E-state index in [0.29, 0.717) is 17.9 Å². The number of nitrogens with one attached hydrogen (secondary N) is 3. The summed E-state index contributed by atoms with van der Waals surface area (Å²) in [7, 11) is 3.21. The summed E-state index contributed by atoms with van der Waals surface area (Å²) in [4.78, 5) is 24.7. The second-order valence-corrected chi connectivity index (χ2v) is 6.85. The molecule has 2 aromatic carbocycles. The first-order chi connectivity index (χ1) is 14.2. The minimum atomic E-state index is -4.56. The van der Waals surface area contributed by atoms with Crippen molar-refractivity contribution in [2.75, 3.05) is 39.1 Å². The number of alkyl halides is 3. The van der Waals surface area contributed by atoms with Crippen LogP contribution in [0.25, 0.3) is 0 Å². The molecule has 0 aliphatic carbocycles. The third-order valence-corrected chi connectivity index (χ3v) is 4.33. The molecule has 3 N–H and O–H groups in total. The zero-order valence-electron chi connectivity index (χ0n) is 16.8. The zero-order chi connectivity index (χ0) is 22.1. The van der Waals surface area contributed by atoms with Crippen molar-refractivity contribution < 1.29 is 32.4 Å². The van der Waals surface area contributed by atoms with Crippen molar-refractivity contribution in [3.8, 4) is 5.75 Å². The lowest BCUT2D eigenvalue weighted by Crippen LogP contribution is -3.11. The van der Waals surface area contributed by atoms with Crippen LogP contribution in [0.4, 0.5) is 18.9 Å². The number of ether oxygens (including phenoxy) is 1. The van der Waals surface area contributed by atoms with Crippen LogP contribution in [0.15, 0.2) is 48.5 Å². The highest BCUT2D eigenvalue weighted by Crippen LogP contribution is 2.34. The van der Waals surface area contributed by atoms with E-state index in [0.717, 1.165) is 17.4 Å². The Morgan fingerprint density at radius 1 is 1.00 bits per heavy atom. The highest BCUT2D eigenvalue weighted by Gasteiger charge is 2.33. The molecule has 0 saturated heterocycles. The lowest BCUT2D eigenvalue weighted by molar-refractivity contribution is -0.862. The molecule has 1 atom stereocenters. The van der Waals surface area contributed by atoms with Gasteiger partial charge in [-0.15, -0.1) is 0 Å². The van der Waals surface area contributed by atoms with Crippen molar-refractivity contribution in [2.45, 2.75) is 12.6 Å². The molecule has 2 rings (SSSR count). The maximum absolute atomic E-state index is 13.0. The van der Waals surface area contributed by atoms with Crippen LogP contribution in [-0.4, -0.2) is 45.6 Å². The average molecular weight is 424 g/mol. The first-order valence-electron chi connectivity index (χ1n) is 9.36. The number of hydrogen-bond donors (Lipinski definition) is 3. The molecule has 0 saturated carbocycles. The number of carbonyl (C=O) groups is 2. The highest BCUT2D eigenvalue weighted by molar-refractivity contribution is 5.92. The van der Waals surface area contributed by atoms with Crippen molar-refractivity contribution in [2.24, 2.45) is 0 Å². The van der Waals surface area contributed by atoms with Crippen molar-refractivity contribution >= 4 is 17.5 Å². The molecule has 162 valence electrons. The Hall–Kier alpha value is -3.07. The Labute approximate surface area is 173 Å². The van der Waals surface area contributed by atoms with Gasteiger partial charge in [-0.3, -0.25) is 9.59 Å². The van der Waals surface area contributed by atoms with E-state index in [9.17, 15) is 22.8 Å². The molecule has 30 heavy (non-hydrogen) atoms. The maximum atomic E-state index is 13.0. The van der Waals surface area contributed by atoms with Crippen LogP contribution in [0.2, 0.25) is 0 Å². The normalized spacial score (nSPS) is 12.2. The van der Waals surface area contributed by atoms with Crippen LogP contribution >= 0.6 is 0 Å². The van der Waals surface area contributed by atoms with Crippen LogP contribution in [0, 0.1) is 0 Å². The number of para-hydroxylation sites is 1. The molecule has 2 amide bonds. The quantitative estimate of drug-likeness (QED) is 0.572. The number of carbonyl (C=O) groups excluding carboxylic acids is 2. The fourth-order valence-electron chi connectivity index (χ4n) is 2.85. The first-order valence-corrected chi connectivity index (χ1v) is 9.36. The fraction of sp³-hybridized carbons (Fsp3) is 0.333. The maximum Gasteiger partial charge on any atom is 0.418 e. The number of hydrogen-bond acceptors (Lipinski definition) is 3. The van der Waals surface area contributed by atoms with Gasteiger partial charge in [0, 0.05) is 6.54 Å². The summed E-state index contributed by atoms with van der Waals surface area (Å²) >= 11 is 0.